The number of hydrogen-bond donors (Lipinski definition) is 1. The van der Waals surface area contributed by atoms with Gasteiger partial charge in [0.05, 0.1) is 5.25 Å². The van der Waals surface area contributed by atoms with Gasteiger partial charge in [-0.3, -0.25) is 4.79 Å². The molecule has 1 aliphatic carbocycles. The molecule has 1 atom stereocenters. The first-order chi connectivity index (χ1) is 8.08. The molecule has 1 N–H and O–H groups in total. The molecule has 0 spiro atoms. The molecule has 1 aromatic heterocycles. The molecule has 0 unspecified atom stereocenters. The van der Waals surface area contributed by atoms with Gasteiger partial charge in [-0.15, -0.1) is 10.2 Å². The van der Waals surface area contributed by atoms with Crippen LogP contribution in [0, 0.1) is 0 Å². The van der Waals surface area contributed by atoms with Gasteiger partial charge in [0.1, 0.15) is 6.33 Å². The number of nitrogens with zero attached hydrogens (tertiary/aromatic N) is 3. The SMILES string of the molecule is CC(C)n1cnnc1S[C@H](C)C(=O)NC1CC1. The van der Waals surface area contributed by atoms with E-state index < -0.39 is 0 Å². The number of nitrogens with one attached hydrogen (secondary N) is 1. The summed E-state index contributed by atoms with van der Waals surface area (Å²) in [6, 6.07) is 0.722. The second-order valence-corrected chi connectivity index (χ2v) is 5.97. The Kier molecular flexibility index (Phi) is 3.71. The average molecular weight is 254 g/mol. The highest BCUT2D eigenvalue weighted by molar-refractivity contribution is 8.00. The molecule has 1 saturated carbocycles. The van der Waals surface area contributed by atoms with Crippen LogP contribution in [0.25, 0.3) is 0 Å². The van der Waals surface area contributed by atoms with Crippen LogP contribution in [-0.4, -0.2) is 32.0 Å². The van der Waals surface area contributed by atoms with Crippen molar-refractivity contribution in [3.63, 3.8) is 0 Å². The molecule has 5 nitrogen and oxygen atoms in total. The minimum Gasteiger partial charge on any atom is -0.352 e. The third kappa shape index (κ3) is 3.21. The lowest BCUT2D eigenvalue weighted by atomic mass is 10.4. The van der Waals surface area contributed by atoms with Gasteiger partial charge in [-0.2, -0.15) is 0 Å². The molecule has 0 radical (unpaired) electrons. The Balaban J connectivity index is 1.94. The molecule has 2 rings (SSSR count). The first-order valence-corrected chi connectivity index (χ1v) is 6.82. The topological polar surface area (TPSA) is 59.8 Å². The minimum absolute atomic E-state index is 0.0933. The zero-order valence-corrected chi connectivity index (χ0v) is 11.2. The van der Waals surface area contributed by atoms with Gasteiger partial charge in [0.15, 0.2) is 5.16 Å². The first-order valence-electron chi connectivity index (χ1n) is 5.94. The summed E-state index contributed by atoms with van der Waals surface area (Å²) in [5, 5.41) is 11.6. The molecule has 1 heterocycles. The number of aromatic nitrogens is 3. The van der Waals surface area contributed by atoms with Crippen LogP contribution in [0.4, 0.5) is 0 Å². The molecule has 6 heteroatoms. The number of thioether (sulfide) groups is 1. The molecule has 1 aliphatic rings. The van der Waals surface area contributed by atoms with Crippen molar-refractivity contribution in [3.05, 3.63) is 6.33 Å². The van der Waals surface area contributed by atoms with Crippen LogP contribution < -0.4 is 5.32 Å². The molecule has 0 bridgehead atoms. The molecular weight excluding hydrogens is 236 g/mol. The lowest BCUT2D eigenvalue weighted by molar-refractivity contribution is -0.120. The maximum Gasteiger partial charge on any atom is 0.233 e. The quantitative estimate of drug-likeness (QED) is 0.811. The number of carbonyl (C=O) groups excluding carboxylic acids is 1. The van der Waals surface area contributed by atoms with Crippen molar-refractivity contribution in [2.45, 2.75) is 56.1 Å². The highest BCUT2D eigenvalue weighted by Gasteiger charge is 2.26. The van der Waals surface area contributed by atoms with Crippen LogP contribution in [0.15, 0.2) is 11.5 Å². The Morgan fingerprint density at radius 1 is 1.53 bits per heavy atom. The molecule has 17 heavy (non-hydrogen) atoms. The van der Waals surface area contributed by atoms with Gasteiger partial charge < -0.3 is 9.88 Å². The van der Waals surface area contributed by atoms with Gasteiger partial charge in [0.25, 0.3) is 0 Å². The second-order valence-electron chi connectivity index (χ2n) is 4.66. The van der Waals surface area contributed by atoms with Crippen LogP contribution in [0.3, 0.4) is 0 Å². The van der Waals surface area contributed by atoms with Crippen molar-refractivity contribution in [2.24, 2.45) is 0 Å². The highest BCUT2D eigenvalue weighted by Crippen LogP contribution is 2.25. The van der Waals surface area contributed by atoms with Crippen molar-refractivity contribution < 1.29 is 4.79 Å². The molecule has 1 amide bonds. The zero-order valence-electron chi connectivity index (χ0n) is 10.4. The molecule has 0 aliphatic heterocycles. The van der Waals surface area contributed by atoms with Crippen molar-refractivity contribution in [2.75, 3.05) is 0 Å². The molecule has 1 fully saturated rings. The average Bonchev–Trinajstić information content (AvgIpc) is 2.94. The summed E-state index contributed by atoms with van der Waals surface area (Å²) >= 11 is 1.46. The third-order valence-electron chi connectivity index (χ3n) is 2.67. The molecule has 0 aromatic carbocycles. The number of carbonyl (C=O) groups is 1. The standard InChI is InChI=1S/C11H18N4OS/c1-7(2)15-6-12-14-11(15)17-8(3)10(16)13-9-4-5-9/h6-9H,4-5H2,1-3H3,(H,13,16)/t8-/m1/s1. The van der Waals surface area contributed by atoms with Gasteiger partial charge in [0.2, 0.25) is 5.91 Å². The van der Waals surface area contributed by atoms with Gasteiger partial charge in [-0.05, 0) is 33.6 Å². The van der Waals surface area contributed by atoms with Crippen LogP contribution in [0.1, 0.15) is 39.7 Å². The maximum atomic E-state index is 11.8. The fraction of sp³-hybridized carbons (Fsp3) is 0.727. The summed E-state index contributed by atoms with van der Waals surface area (Å²) in [7, 11) is 0. The summed E-state index contributed by atoms with van der Waals surface area (Å²) in [6.45, 7) is 6.05. The Hall–Kier alpha value is -1.04. The van der Waals surface area contributed by atoms with Crippen molar-refractivity contribution in [1.29, 1.82) is 0 Å². The molecule has 94 valence electrons. The minimum atomic E-state index is -0.128. The predicted molar refractivity (Wildman–Crippen MR) is 66.9 cm³/mol. The van der Waals surface area contributed by atoms with Crippen LogP contribution in [0.2, 0.25) is 0 Å². The Morgan fingerprint density at radius 3 is 2.82 bits per heavy atom. The Labute approximate surface area is 105 Å². The van der Waals surface area contributed by atoms with E-state index in [1.165, 1.54) is 11.8 Å². The number of amides is 1. The predicted octanol–water partition coefficient (Wildman–Crippen LogP) is 1.62. The summed E-state index contributed by atoms with van der Waals surface area (Å²) in [5.74, 6) is 0.0933. The van der Waals surface area contributed by atoms with E-state index in [4.69, 9.17) is 0 Å². The maximum absolute atomic E-state index is 11.8. The van der Waals surface area contributed by atoms with E-state index in [2.05, 4.69) is 29.4 Å². The van der Waals surface area contributed by atoms with Crippen LogP contribution in [0.5, 0.6) is 0 Å². The van der Waals surface area contributed by atoms with Crippen LogP contribution >= 0.6 is 11.8 Å². The largest absolute Gasteiger partial charge is 0.352 e. The van der Waals surface area contributed by atoms with Crippen molar-refractivity contribution in [3.8, 4) is 0 Å². The van der Waals surface area contributed by atoms with E-state index in [-0.39, 0.29) is 11.2 Å². The van der Waals surface area contributed by atoms with E-state index in [1.54, 1.807) is 6.33 Å². The third-order valence-corrected chi connectivity index (χ3v) is 3.74. The fourth-order valence-electron chi connectivity index (χ4n) is 1.43. The van der Waals surface area contributed by atoms with Crippen LogP contribution in [-0.2, 0) is 4.79 Å². The lowest BCUT2D eigenvalue weighted by Crippen LogP contribution is -2.32. The van der Waals surface area contributed by atoms with Gasteiger partial charge in [0, 0.05) is 12.1 Å². The highest BCUT2D eigenvalue weighted by atomic mass is 32.2. The monoisotopic (exact) mass is 254 g/mol. The van der Waals surface area contributed by atoms with E-state index >= 15 is 0 Å². The van der Waals surface area contributed by atoms with E-state index in [0.717, 1.165) is 18.0 Å². The molecule has 0 saturated heterocycles. The van der Waals surface area contributed by atoms with Gasteiger partial charge in [-0.1, -0.05) is 11.8 Å². The Morgan fingerprint density at radius 2 is 2.24 bits per heavy atom. The van der Waals surface area contributed by atoms with Gasteiger partial charge in [-0.25, -0.2) is 0 Å². The van der Waals surface area contributed by atoms with E-state index in [1.807, 2.05) is 11.5 Å². The molecule has 1 aromatic rings. The fourth-order valence-corrected chi connectivity index (χ4v) is 2.39. The normalized spacial score (nSPS) is 17.2. The Bertz CT molecular complexity index is 400. The first kappa shape index (κ1) is 12.4. The number of rotatable bonds is 5. The molecular formula is C11H18N4OS. The lowest BCUT2D eigenvalue weighted by Gasteiger charge is -2.13. The smallest absolute Gasteiger partial charge is 0.233 e. The summed E-state index contributed by atoms with van der Waals surface area (Å²) in [6.07, 6.45) is 3.94. The zero-order chi connectivity index (χ0) is 12.4. The van der Waals surface area contributed by atoms with E-state index in [9.17, 15) is 4.79 Å². The van der Waals surface area contributed by atoms with Gasteiger partial charge >= 0.3 is 0 Å². The van der Waals surface area contributed by atoms with Crippen molar-refractivity contribution >= 4 is 17.7 Å². The summed E-state index contributed by atoms with van der Waals surface area (Å²) < 4.78 is 1.98. The summed E-state index contributed by atoms with van der Waals surface area (Å²) in [5.41, 5.74) is 0. The van der Waals surface area contributed by atoms with Crippen molar-refractivity contribution in [1.82, 2.24) is 20.1 Å². The summed E-state index contributed by atoms with van der Waals surface area (Å²) in [4.78, 5) is 11.8. The second kappa shape index (κ2) is 5.08. The number of hydrogen-bond acceptors (Lipinski definition) is 4. The van der Waals surface area contributed by atoms with E-state index in [0.29, 0.717) is 12.1 Å².